The van der Waals surface area contributed by atoms with Crippen LogP contribution >= 0.6 is 0 Å². The quantitative estimate of drug-likeness (QED) is 0.896. The zero-order chi connectivity index (χ0) is 13.7. The summed E-state index contributed by atoms with van der Waals surface area (Å²) in [6, 6.07) is 5.86. The van der Waals surface area contributed by atoms with Crippen molar-refractivity contribution >= 4 is 5.82 Å². The van der Waals surface area contributed by atoms with E-state index in [4.69, 9.17) is 4.74 Å². The van der Waals surface area contributed by atoms with E-state index in [-0.39, 0.29) is 5.82 Å². The SMILES string of the molecule is CCNc1ncnc(Oc2ccc(F)cc2)c1CC. The normalized spacial score (nSPS) is 10.3. The van der Waals surface area contributed by atoms with Gasteiger partial charge in [0.25, 0.3) is 0 Å². The van der Waals surface area contributed by atoms with Gasteiger partial charge in [-0.1, -0.05) is 6.92 Å². The van der Waals surface area contributed by atoms with Crippen molar-refractivity contribution in [2.24, 2.45) is 0 Å². The van der Waals surface area contributed by atoms with Crippen LogP contribution in [0.25, 0.3) is 0 Å². The standard InChI is InChI=1S/C14H16FN3O/c1-3-12-13(16-4-2)17-9-18-14(12)19-11-7-5-10(15)6-8-11/h5-9H,3-4H2,1-2H3,(H,16,17,18). The second-order valence-electron chi connectivity index (χ2n) is 3.95. The highest BCUT2D eigenvalue weighted by molar-refractivity contribution is 5.49. The summed E-state index contributed by atoms with van der Waals surface area (Å²) in [6.45, 7) is 4.79. The fraction of sp³-hybridized carbons (Fsp3) is 0.286. The number of nitrogens with zero attached hydrogens (tertiary/aromatic N) is 2. The molecule has 4 nitrogen and oxygen atoms in total. The summed E-state index contributed by atoms with van der Waals surface area (Å²) in [5.41, 5.74) is 0.911. The number of aromatic nitrogens is 2. The van der Waals surface area contributed by atoms with Crippen molar-refractivity contribution in [3.63, 3.8) is 0 Å². The zero-order valence-electron chi connectivity index (χ0n) is 11.0. The Balaban J connectivity index is 2.28. The highest BCUT2D eigenvalue weighted by atomic mass is 19.1. The number of hydrogen-bond donors (Lipinski definition) is 1. The van der Waals surface area contributed by atoms with E-state index in [9.17, 15) is 4.39 Å². The van der Waals surface area contributed by atoms with Crippen LogP contribution in [0.2, 0.25) is 0 Å². The molecule has 0 radical (unpaired) electrons. The number of benzene rings is 1. The zero-order valence-corrected chi connectivity index (χ0v) is 11.0. The lowest BCUT2D eigenvalue weighted by molar-refractivity contribution is 0.454. The molecule has 0 saturated carbocycles. The molecule has 1 N–H and O–H groups in total. The Labute approximate surface area is 111 Å². The highest BCUT2D eigenvalue weighted by Crippen LogP contribution is 2.27. The Kier molecular flexibility index (Phi) is 4.28. The number of hydrogen-bond acceptors (Lipinski definition) is 4. The van der Waals surface area contributed by atoms with Crippen LogP contribution in [-0.4, -0.2) is 16.5 Å². The van der Waals surface area contributed by atoms with Gasteiger partial charge in [-0.2, -0.15) is 0 Å². The molecule has 0 atom stereocenters. The van der Waals surface area contributed by atoms with E-state index in [0.29, 0.717) is 11.6 Å². The van der Waals surface area contributed by atoms with Gasteiger partial charge in [-0.05, 0) is 37.6 Å². The molecule has 19 heavy (non-hydrogen) atoms. The van der Waals surface area contributed by atoms with Crippen molar-refractivity contribution in [2.45, 2.75) is 20.3 Å². The summed E-state index contributed by atoms with van der Waals surface area (Å²) in [5.74, 6) is 1.54. The Morgan fingerprint density at radius 1 is 1.16 bits per heavy atom. The molecular formula is C14H16FN3O. The lowest BCUT2D eigenvalue weighted by Gasteiger charge is -2.12. The third-order valence-corrected chi connectivity index (χ3v) is 2.63. The van der Waals surface area contributed by atoms with Crippen LogP contribution < -0.4 is 10.1 Å². The monoisotopic (exact) mass is 261 g/mol. The minimum Gasteiger partial charge on any atom is -0.439 e. The maximum absolute atomic E-state index is 12.8. The molecule has 1 heterocycles. The van der Waals surface area contributed by atoms with Gasteiger partial charge in [0.15, 0.2) is 0 Å². The van der Waals surface area contributed by atoms with Gasteiger partial charge in [0, 0.05) is 6.54 Å². The van der Waals surface area contributed by atoms with E-state index in [2.05, 4.69) is 15.3 Å². The minimum atomic E-state index is -0.293. The fourth-order valence-corrected chi connectivity index (χ4v) is 1.74. The van der Waals surface area contributed by atoms with Crippen LogP contribution in [0.4, 0.5) is 10.2 Å². The second-order valence-corrected chi connectivity index (χ2v) is 3.95. The molecule has 0 aliphatic heterocycles. The predicted molar refractivity (Wildman–Crippen MR) is 72.0 cm³/mol. The lowest BCUT2D eigenvalue weighted by Crippen LogP contribution is -2.05. The summed E-state index contributed by atoms with van der Waals surface area (Å²) in [7, 11) is 0. The minimum absolute atomic E-state index is 0.293. The van der Waals surface area contributed by atoms with Crippen molar-refractivity contribution in [1.82, 2.24) is 9.97 Å². The van der Waals surface area contributed by atoms with Gasteiger partial charge < -0.3 is 10.1 Å². The molecule has 0 aliphatic carbocycles. The summed E-state index contributed by atoms with van der Waals surface area (Å²) in [5, 5.41) is 3.17. The highest BCUT2D eigenvalue weighted by Gasteiger charge is 2.11. The Bertz CT molecular complexity index is 543. The number of ether oxygens (including phenoxy) is 1. The summed E-state index contributed by atoms with van der Waals surface area (Å²) in [4.78, 5) is 8.34. The number of nitrogens with one attached hydrogen (secondary N) is 1. The second kappa shape index (κ2) is 6.13. The first-order valence-electron chi connectivity index (χ1n) is 6.25. The summed E-state index contributed by atoms with van der Waals surface area (Å²) >= 11 is 0. The van der Waals surface area contributed by atoms with Crippen LogP contribution in [0.5, 0.6) is 11.6 Å². The number of rotatable bonds is 5. The first kappa shape index (κ1) is 13.3. The van der Waals surface area contributed by atoms with Crippen molar-refractivity contribution in [3.8, 4) is 11.6 Å². The molecule has 2 rings (SSSR count). The maximum atomic E-state index is 12.8. The van der Waals surface area contributed by atoms with Crippen LogP contribution in [-0.2, 0) is 6.42 Å². The molecule has 1 aromatic carbocycles. The first-order chi connectivity index (χ1) is 9.24. The van der Waals surface area contributed by atoms with Crippen molar-refractivity contribution in [1.29, 1.82) is 0 Å². The van der Waals surface area contributed by atoms with E-state index in [1.807, 2.05) is 13.8 Å². The van der Waals surface area contributed by atoms with Crippen molar-refractivity contribution in [2.75, 3.05) is 11.9 Å². The fourth-order valence-electron chi connectivity index (χ4n) is 1.74. The van der Waals surface area contributed by atoms with Crippen LogP contribution in [0.3, 0.4) is 0 Å². The molecule has 100 valence electrons. The molecule has 0 fully saturated rings. The van der Waals surface area contributed by atoms with Crippen LogP contribution in [0, 0.1) is 5.82 Å². The van der Waals surface area contributed by atoms with Crippen LogP contribution in [0.15, 0.2) is 30.6 Å². The van der Waals surface area contributed by atoms with Crippen molar-refractivity contribution < 1.29 is 9.13 Å². The van der Waals surface area contributed by atoms with Crippen molar-refractivity contribution in [3.05, 3.63) is 42.0 Å². The van der Waals surface area contributed by atoms with Gasteiger partial charge >= 0.3 is 0 Å². The molecule has 0 unspecified atom stereocenters. The molecule has 0 spiro atoms. The molecule has 0 aliphatic rings. The smallest absolute Gasteiger partial charge is 0.227 e. The molecule has 1 aromatic heterocycles. The Hall–Kier alpha value is -2.17. The van der Waals surface area contributed by atoms with Crippen LogP contribution in [0.1, 0.15) is 19.4 Å². The van der Waals surface area contributed by atoms with E-state index >= 15 is 0 Å². The van der Waals surface area contributed by atoms with Gasteiger partial charge in [0.05, 0.1) is 5.56 Å². The summed E-state index contributed by atoms with van der Waals surface area (Å²) in [6.07, 6.45) is 2.20. The Morgan fingerprint density at radius 2 is 1.89 bits per heavy atom. The number of halogens is 1. The summed E-state index contributed by atoms with van der Waals surface area (Å²) < 4.78 is 18.5. The molecule has 5 heteroatoms. The van der Waals surface area contributed by atoms with E-state index in [0.717, 1.165) is 24.3 Å². The lowest BCUT2D eigenvalue weighted by atomic mass is 10.2. The van der Waals surface area contributed by atoms with Gasteiger partial charge in [-0.3, -0.25) is 0 Å². The van der Waals surface area contributed by atoms with Gasteiger partial charge in [0.2, 0.25) is 5.88 Å². The average Bonchev–Trinajstić information content (AvgIpc) is 2.42. The van der Waals surface area contributed by atoms with E-state index < -0.39 is 0 Å². The van der Waals surface area contributed by atoms with E-state index in [1.165, 1.54) is 18.5 Å². The number of anilines is 1. The first-order valence-corrected chi connectivity index (χ1v) is 6.25. The third-order valence-electron chi connectivity index (χ3n) is 2.63. The van der Waals surface area contributed by atoms with Gasteiger partial charge in [0.1, 0.15) is 23.7 Å². The Morgan fingerprint density at radius 3 is 2.53 bits per heavy atom. The molecular weight excluding hydrogens is 245 g/mol. The topological polar surface area (TPSA) is 47.0 Å². The van der Waals surface area contributed by atoms with Gasteiger partial charge in [-0.15, -0.1) is 0 Å². The predicted octanol–water partition coefficient (Wildman–Crippen LogP) is 3.40. The van der Waals surface area contributed by atoms with Gasteiger partial charge in [-0.25, -0.2) is 14.4 Å². The molecule has 0 amide bonds. The largest absolute Gasteiger partial charge is 0.439 e. The average molecular weight is 261 g/mol. The van der Waals surface area contributed by atoms with E-state index in [1.54, 1.807) is 12.1 Å². The molecule has 0 bridgehead atoms. The third kappa shape index (κ3) is 3.19. The molecule has 0 saturated heterocycles. The molecule has 2 aromatic rings. The maximum Gasteiger partial charge on any atom is 0.227 e.